The Balaban J connectivity index is 0.000000269. The highest BCUT2D eigenvalue weighted by atomic mass is 35.5. The predicted molar refractivity (Wildman–Crippen MR) is 251 cm³/mol. The van der Waals surface area contributed by atoms with Crippen LogP contribution in [0, 0.1) is 17.3 Å². The van der Waals surface area contributed by atoms with Crippen molar-refractivity contribution in [3.8, 4) is 23.0 Å². The zero-order valence-electron chi connectivity index (χ0n) is 37.6. The number of rotatable bonds is 21. The molecular weight excluding hydrogens is 819 g/mol. The average Bonchev–Trinajstić information content (AvgIpc) is 3.54. The zero-order chi connectivity index (χ0) is 44.6. The van der Waals surface area contributed by atoms with E-state index in [4.69, 9.17) is 37.8 Å². The monoisotopic (exact) mass is 888 g/mol. The molecule has 3 aromatic rings. The number of carboxylic acid groups (broad SMARTS) is 1. The van der Waals surface area contributed by atoms with Crippen LogP contribution in [0.15, 0.2) is 60.7 Å². The van der Waals surface area contributed by atoms with Crippen molar-refractivity contribution in [2.45, 2.75) is 174 Å². The number of phenolic OH excluding ortho intramolecular Hbond substituents is 1. The van der Waals surface area contributed by atoms with Gasteiger partial charge in [0.15, 0.2) is 5.75 Å². The summed E-state index contributed by atoms with van der Waals surface area (Å²) >= 11 is 12.3. The molecule has 3 aliphatic carbocycles. The number of ketones is 1. The maximum atomic E-state index is 12.6. The molecule has 3 aliphatic rings. The minimum Gasteiger partial charge on any atom is -0.508 e. The maximum Gasteiger partial charge on any atom is 0.311 e. The number of aliphatic carboxylic acids is 1. The highest BCUT2D eigenvalue weighted by Gasteiger charge is 2.54. The molecule has 0 spiro atoms. The number of carbonyl (C=O) groups excluding carboxylic acids is 2. The van der Waals surface area contributed by atoms with Crippen LogP contribution in [0.2, 0.25) is 10.0 Å². The standard InChI is InChI=1S/C36H54O3.C17H16Cl2O4/c1-3-4-5-6-7-8-9-10-11-12-13-14-15-16-17-18-35(38)39-29-20-22-30-28(27-29)19-21-32-31(30)25-26-36(2)33(32)23-24-34(36)37;1-9(2)12-8-11(3-4-15(12)20)23-17-13(18)5-10(6-14(17)19)7-16(21)22/h10-11,20,22,27,31-33H,3-9,12-19,21,23-26H2,1-2H3;3-6,8-9,20H,7H2,1-2H3,(H,21,22)/b11-10-;/t31-,32-,33+,36+;/m1./s1. The van der Waals surface area contributed by atoms with Gasteiger partial charge in [0.1, 0.15) is 23.0 Å². The Morgan fingerprint density at radius 2 is 1.47 bits per heavy atom. The lowest BCUT2D eigenvalue weighted by Crippen LogP contribution is -2.42. The molecule has 0 aliphatic heterocycles. The molecule has 0 bridgehead atoms. The number of ether oxygens (including phenoxy) is 2. The smallest absolute Gasteiger partial charge is 0.311 e. The van der Waals surface area contributed by atoms with Crippen molar-refractivity contribution in [2.75, 3.05) is 0 Å². The molecule has 2 fully saturated rings. The van der Waals surface area contributed by atoms with Gasteiger partial charge in [-0.15, -0.1) is 0 Å². The molecule has 9 heteroatoms. The van der Waals surface area contributed by atoms with Gasteiger partial charge < -0.3 is 19.7 Å². The molecule has 7 nitrogen and oxygen atoms in total. The number of carboxylic acids is 1. The van der Waals surface area contributed by atoms with Gasteiger partial charge in [-0.3, -0.25) is 14.4 Å². The summed E-state index contributed by atoms with van der Waals surface area (Å²) in [5, 5.41) is 19.1. The number of carbonyl (C=O) groups is 3. The van der Waals surface area contributed by atoms with Crippen LogP contribution in [-0.2, 0) is 27.2 Å². The van der Waals surface area contributed by atoms with Gasteiger partial charge in [-0.05, 0) is 147 Å². The summed E-state index contributed by atoms with van der Waals surface area (Å²) in [5.74, 6) is 2.97. The van der Waals surface area contributed by atoms with Gasteiger partial charge in [0, 0.05) is 23.8 Å². The summed E-state index contributed by atoms with van der Waals surface area (Å²) in [6.45, 7) is 8.42. The third kappa shape index (κ3) is 13.8. The van der Waals surface area contributed by atoms with E-state index in [1.165, 1.54) is 93.9 Å². The van der Waals surface area contributed by atoms with E-state index in [-0.39, 0.29) is 45.3 Å². The second-order valence-electron chi connectivity index (χ2n) is 18.4. The number of benzene rings is 3. The number of allylic oxidation sites excluding steroid dienone is 2. The number of esters is 1. The van der Waals surface area contributed by atoms with Crippen molar-refractivity contribution < 1.29 is 34.1 Å². The fourth-order valence-corrected chi connectivity index (χ4v) is 10.7. The van der Waals surface area contributed by atoms with Crippen LogP contribution in [-0.4, -0.2) is 27.9 Å². The Morgan fingerprint density at radius 1 is 0.823 bits per heavy atom. The van der Waals surface area contributed by atoms with Crippen LogP contribution in [0.25, 0.3) is 0 Å². The number of unbranched alkanes of at least 4 members (excludes halogenated alkanes) is 11. The van der Waals surface area contributed by atoms with Gasteiger partial charge >= 0.3 is 11.9 Å². The molecule has 0 aromatic heterocycles. The van der Waals surface area contributed by atoms with Gasteiger partial charge in [0.25, 0.3) is 0 Å². The van der Waals surface area contributed by atoms with E-state index in [2.05, 4.69) is 38.1 Å². The average molecular weight is 890 g/mol. The summed E-state index contributed by atoms with van der Waals surface area (Å²) in [5.41, 5.74) is 3.98. The quantitative estimate of drug-likeness (QED) is 0.0474. The van der Waals surface area contributed by atoms with Crippen LogP contribution < -0.4 is 9.47 Å². The summed E-state index contributed by atoms with van der Waals surface area (Å²) in [6.07, 6.45) is 27.7. The summed E-state index contributed by atoms with van der Waals surface area (Å²) < 4.78 is 11.5. The molecule has 2 N–H and O–H groups in total. The molecule has 6 rings (SSSR count). The molecule has 4 atom stereocenters. The first-order valence-electron chi connectivity index (χ1n) is 23.5. The fraction of sp³-hybridized carbons (Fsp3) is 0.566. The molecule has 62 heavy (non-hydrogen) atoms. The first kappa shape index (κ1) is 49.2. The summed E-state index contributed by atoms with van der Waals surface area (Å²) in [4.78, 5) is 35.8. The molecule has 0 unspecified atom stereocenters. The zero-order valence-corrected chi connectivity index (χ0v) is 39.1. The largest absolute Gasteiger partial charge is 0.508 e. The third-order valence-electron chi connectivity index (χ3n) is 13.5. The highest BCUT2D eigenvalue weighted by Crippen LogP contribution is 2.59. The lowest BCUT2D eigenvalue weighted by Gasteiger charge is -2.48. The molecule has 0 saturated heterocycles. The lowest BCUT2D eigenvalue weighted by molar-refractivity contribution is -0.136. The van der Waals surface area contributed by atoms with E-state index in [1.807, 2.05) is 19.9 Å². The van der Waals surface area contributed by atoms with Crippen LogP contribution in [0.4, 0.5) is 0 Å². The fourth-order valence-electron chi connectivity index (χ4n) is 10.1. The number of hydrogen-bond acceptors (Lipinski definition) is 6. The van der Waals surface area contributed by atoms with Crippen molar-refractivity contribution in [1.29, 1.82) is 0 Å². The molecule has 338 valence electrons. The molecule has 2 saturated carbocycles. The van der Waals surface area contributed by atoms with E-state index < -0.39 is 5.97 Å². The van der Waals surface area contributed by atoms with Gasteiger partial charge in [0.05, 0.1) is 16.5 Å². The molecule has 0 amide bonds. The SMILES string of the molecule is CC(C)c1cc(Oc2c(Cl)cc(CC(=O)O)cc2Cl)ccc1O.CCCCCCCC/C=C\CCCCCCCC(=O)Oc1ccc2c(c1)CC[C@@H]1[C@@H]2CC[C@]2(C)C(=O)CC[C@@H]12. The number of aromatic hydroxyl groups is 1. The van der Waals surface area contributed by atoms with Crippen LogP contribution in [0.1, 0.15) is 184 Å². The summed E-state index contributed by atoms with van der Waals surface area (Å²) in [6, 6.07) is 14.3. The Labute approximate surface area is 381 Å². The van der Waals surface area contributed by atoms with Gasteiger partial charge in [-0.25, -0.2) is 0 Å². The minimum absolute atomic E-state index is 0.0713. The number of fused-ring (bicyclic) bond motifs is 5. The molecule has 3 aromatic carbocycles. The molecule has 0 radical (unpaired) electrons. The highest BCUT2D eigenvalue weighted by molar-refractivity contribution is 6.37. The topological polar surface area (TPSA) is 110 Å². The van der Waals surface area contributed by atoms with Crippen LogP contribution >= 0.6 is 23.2 Å². The van der Waals surface area contributed by atoms with Gasteiger partial charge in [-0.2, -0.15) is 0 Å². The number of phenols is 1. The second-order valence-corrected chi connectivity index (χ2v) is 19.3. The third-order valence-corrected chi connectivity index (χ3v) is 14.1. The molecular formula is C53H70Cl2O7. The van der Waals surface area contributed by atoms with E-state index in [0.717, 1.165) is 56.9 Å². The normalized spacial score (nSPS) is 20.3. The Kier molecular flexibility index (Phi) is 19.3. The lowest BCUT2D eigenvalue weighted by atomic mass is 9.55. The van der Waals surface area contributed by atoms with Crippen molar-refractivity contribution in [1.82, 2.24) is 0 Å². The Hall–Kier alpha value is -3.81. The number of Topliss-reactive ketones (excluding diaryl/α,β-unsaturated/α-hetero) is 1. The Bertz CT molecular complexity index is 1960. The van der Waals surface area contributed by atoms with Crippen LogP contribution in [0.3, 0.4) is 0 Å². The number of halogens is 2. The number of hydrogen-bond donors (Lipinski definition) is 2. The summed E-state index contributed by atoms with van der Waals surface area (Å²) in [7, 11) is 0. The first-order chi connectivity index (χ1) is 29.8. The van der Waals surface area contributed by atoms with Crippen molar-refractivity contribution >= 4 is 40.9 Å². The Morgan fingerprint density at radius 3 is 2.13 bits per heavy atom. The minimum atomic E-state index is -0.967. The van der Waals surface area contributed by atoms with Crippen molar-refractivity contribution in [2.24, 2.45) is 17.3 Å². The van der Waals surface area contributed by atoms with Crippen molar-refractivity contribution in [3.05, 3.63) is 93.0 Å². The molecule has 0 heterocycles. The van der Waals surface area contributed by atoms with E-state index in [0.29, 0.717) is 47.0 Å². The van der Waals surface area contributed by atoms with Gasteiger partial charge in [-0.1, -0.05) is 120 Å². The van der Waals surface area contributed by atoms with E-state index in [1.54, 1.807) is 18.2 Å². The first-order valence-corrected chi connectivity index (χ1v) is 24.3. The predicted octanol–water partition coefficient (Wildman–Crippen LogP) is 15.3. The van der Waals surface area contributed by atoms with Gasteiger partial charge in [0.2, 0.25) is 0 Å². The van der Waals surface area contributed by atoms with Crippen molar-refractivity contribution in [3.63, 3.8) is 0 Å². The second kappa shape index (κ2) is 24.3. The number of aryl methyl sites for hydroxylation is 1. The maximum absolute atomic E-state index is 12.6. The van der Waals surface area contributed by atoms with Crippen LogP contribution in [0.5, 0.6) is 23.0 Å². The van der Waals surface area contributed by atoms with E-state index >= 15 is 0 Å². The van der Waals surface area contributed by atoms with E-state index in [9.17, 15) is 19.5 Å².